The number of aliphatic carboxylic acids is 1. The van der Waals surface area contributed by atoms with E-state index in [1.807, 2.05) is 0 Å². The van der Waals surface area contributed by atoms with Crippen molar-refractivity contribution < 1.29 is 33.0 Å². The fourth-order valence-electron chi connectivity index (χ4n) is 2.51. The molecular formula is C18H17ClN2O7S. The number of ether oxygens (including phenoxy) is 1. The molecule has 4 N–H and O–H groups in total. The summed E-state index contributed by atoms with van der Waals surface area (Å²) < 4.78 is 32.3. The van der Waals surface area contributed by atoms with Gasteiger partial charge in [-0.3, -0.25) is 9.52 Å². The normalized spacial score (nSPS) is 13.6. The standard InChI is InChI=1S/C18H17ClN2O7S/c1-9-6-10(20-17(23)18(24)25)7-13(19)16(9)28-11-2-5-15(22)14(8-11)21-29(26,27)12-3-4-12/h2,5-8,12,21-22H,3-4H2,1H3,(H,20,23)(H,24,25). The quantitative estimate of drug-likeness (QED) is 0.399. The average Bonchev–Trinajstić information content (AvgIpc) is 3.46. The zero-order valence-electron chi connectivity index (χ0n) is 15.1. The Kier molecular flexibility index (Phi) is 5.58. The van der Waals surface area contributed by atoms with Gasteiger partial charge in [0.2, 0.25) is 10.0 Å². The van der Waals surface area contributed by atoms with E-state index in [0.717, 1.165) is 0 Å². The lowest BCUT2D eigenvalue weighted by atomic mass is 10.2. The van der Waals surface area contributed by atoms with E-state index >= 15 is 0 Å². The second-order valence-corrected chi connectivity index (χ2v) is 8.86. The van der Waals surface area contributed by atoms with Crippen LogP contribution in [0.2, 0.25) is 5.02 Å². The summed E-state index contributed by atoms with van der Waals surface area (Å²) in [5.41, 5.74) is 0.649. The molecule has 0 saturated heterocycles. The van der Waals surface area contributed by atoms with E-state index in [-0.39, 0.29) is 33.6 Å². The van der Waals surface area contributed by atoms with Gasteiger partial charge in [-0.25, -0.2) is 13.2 Å². The minimum Gasteiger partial charge on any atom is -0.506 e. The summed E-state index contributed by atoms with van der Waals surface area (Å²) in [6, 6.07) is 6.83. The van der Waals surface area contributed by atoms with Gasteiger partial charge in [-0.1, -0.05) is 11.6 Å². The summed E-state index contributed by atoms with van der Waals surface area (Å²) in [7, 11) is -3.57. The van der Waals surface area contributed by atoms with Crippen molar-refractivity contribution in [1.82, 2.24) is 0 Å². The average molecular weight is 441 g/mol. The molecule has 0 radical (unpaired) electrons. The number of halogens is 1. The number of phenolic OH excluding ortho intramolecular Hbond substituents is 1. The first kappa shape index (κ1) is 20.7. The predicted octanol–water partition coefficient (Wildman–Crippen LogP) is 3.07. The summed E-state index contributed by atoms with van der Waals surface area (Å²) >= 11 is 6.19. The topological polar surface area (TPSA) is 142 Å². The molecule has 1 aliphatic carbocycles. The number of carboxylic acid groups (broad SMARTS) is 1. The number of aryl methyl sites for hydroxylation is 1. The van der Waals surface area contributed by atoms with Gasteiger partial charge in [0.1, 0.15) is 17.2 Å². The number of hydrogen-bond donors (Lipinski definition) is 4. The summed E-state index contributed by atoms with van der Waals surface area (Å²) in [6.45, 7) is 1.63. The van der Waals surface area contributed by atoms with Crippen LogP contribution < -0.4 is 14.8 Å². The molecule has 0 atom stereocenters. The van der Waals surface area contributed by atoms with Gasteiger partial charge < -0.3 is 20.3 Å². The predicted molar refractivity (Wildman–Crippen MR) is 106 cm³/mol. The van der Waals surface area contributed by atoms with Crippen LogP contribution in [0.5, 0.6) is 17.2 Å². The molecule has 9 nitrogen and oxygen atoms in total. The molecule has 0 spiro atoms. The lowest BCUT2D eigenvalue weighted by Crippen LogP contribution is -2.21. The van der Waals surface area contributed by atoms with Crippen molar-refractivity contribution in [2.24, 2.45) is 0 Å². The number of hydrogen-bond acceptors (Lipinski definition) is 6. The number of phenols is 1. The van der Waals surface area contributed by atoms with Gasteiger partial charge in [-0.2, -0.15) is 0 Å². The number of rotatable bonds is 6. The fourth-order valence-corrected chi connectivity index (χ4v) is 4.21. The highest BCUT2D eigenvalue weighted by Crippen LogP contribution is 2.38. The van der Waals surface area contributed by atoms with Gasteiger partial charge in [-0.15, -0.1) is 0 Å². The molecule has 0 aromatic heterocycles. The molecule has 0 unspecified atom stereocenters. The third-order valence-corrected chi connectivity index (χ3v) is 6.22. The minimum absolute atomic E-state index is 0.0199. The highest BCUT2D eigenvalue weighted by Gasteiger charge is 2.36. The maximum absolute atomic E-state index is 12.1. The Labute approximate surface area is 171 Å². The van der Waals surface area contributed by atoms with Crippen LogP contribution in [-0.4, -0.2) is 35.8 Å². The van der Waals surface area contributed by atoms with Crippen LogP contribution in [0.25, 0.3) is 0 Å². The molecule has 1 amide bonds. The Bertz CT molecular complexity index is 1070. The van der Waals surface area contributed by atoms with Crippen molar-refractivity contribution in [2.45, 2.75) is 25.0 Å². The summed E-state index contributed by atoms with van der Waals surface area (Å²) in [6.07, 6.45) is 1.15. The maximum atomic E-state index is 12.1. The van der Waals surface area contributed by atoms with Crippen LogP contribution in [0.3, 0.4) is 0 Å². The number of benzene rings is 2. The van der Waals surface area contributed by atoms with Gasteiger partial charge in [0.05, 0.1) is 16.0 Å². The van der Waals surface area contributed by atoms with Crippen LogP contribution >= 0.6 is 11.6 Å². The number of carbonyl (C=O) groups is 2. The van der Waals surface area contributed by atoms with Crippen LogP contribution in [0.15, 0.2) is 30.3 Å². The lowest BCUT2D eigenvalue weighted by Gasteiger charge is -2.15. The number of amides is 1. The van der Waals surface area contributed by atoms with E-state index in [0.29, 0.717) is 18.4 Å². The largest absolute Gasteiger partial charge is 0.506 e. The van der Waals surface area contributed by atoms with Gasteiger partial charge in [0.15, 0.2) is 0 Å². The van der Waals surface area contributed by atoms with E-state index in [1.165, 1.54) is 30.3 Å². The van der Waals surface area contributed by atoms with Crippen molar-refractivity contribution in [3.63, 3.8) is 0 Å². The first-order chi connectivity index (χ1) is 13.6. The summed E-state index contributed by atoms with van der Waals surface area (Å²) in [5, 5.41) is 20.4. The zero-order valence-corrected chi connectivity index (χ0v) is 16.7. The number of carboxylic acids is 1. The first-order valence-electron chi connectivity index (χ1n) is 8.44. The van der Waals surface area contributed by atoms with Crippen molar-refractivity contribution in [3.8, 4) is 17.2 Å². The van der Waals surface area contributed by atoms with Crippen molar-refractivity contribution >= 4 is 44.9 Å². The van der Waals surface area contributed by atoms with E-state index in [9.17, 15) is 23.1 Å². The molecular weight excluding hydrogens is 424 g/mol. The zero-order chi connectivity index (χ0) is 21.3. The van der Waals surface area contributed by atoms with Gasteiger partial charge in [-0.05, 0) is 49.6 Å². The number of sulfonamides is 1. The number of carbonyl (C=O) groups excluding carboxylic acids is 1. The van der Waals surface area contributed by atoms with Crippen molar-refractivity contribution in [3.05, 3.63) is 40.9 Å². The van der Waals surface area contributed by atoms with Gasteiger partial charge in [0.25, 0.3) is 0 Å². The maximum Gasteiger partial charge on any atom is 0.394 e. The second kappa shape index (κ2) is 7.80. The van der Waals surface area contributed by atoms with Gasteiger partial charge >= 0.3 is 11.9 Å². The third kappa shape index (κ3) is 4.90. The molecule has 0 aliphatic heterocycles. The molecule has 154 valence electrons. The van der Waals surface area contributed by atoms with E-state index < -0.39 is 27.1 Å². The number of anilines is 2. The Balaban J connectivity index is 1.83. The van der Waals surface area contributed by atoms with Crippen molar-refractivity contribution in [1.29, 1.82) is 0 Å². The Morgan fingerprint density at radius 2 is 1.90 bits per heavy atom. The Hall–Kier alpha value is -2.98. The van der Waals surface area contributed by atoms with Crippen LogP contribution in [0.4, 0.5) is 11.4 Å². The second-order valence-electron chi connectivity index (χ2n) is 6.49. The summed E-state index contributed by atoms with van der Waals surface area (Å²) in [5.74, 6) is -2.66. The first-order valence-corrected chi connectivity index (χ1v) is 10.4. The van der Waals surface area contributed by atoms with E-state index in [1.54, 1.807) is 6.92 Å². The van der Waals surface area contributed by atoms with Crippen LogP contribution in [0.1, 0.15) is 18.4 Å². The Morgan fingerprint density at radius 1 is 1.21 bits per heavy atom. The molecule has 1 fully saturated rings. The molecule has 29 heavy (non-hydrogen) atoms. The molecule has 0 bridgehead atoms. The molecule has 1 saturated carbocycles. The molecule has 1 aliphatic rings. The SMILES string of the molecule is Cc1cc(NC(=O)C(=O)O)cc(Cl)c1Oc1ccc(O)c(NS(=O)(=O)C2CC2)c1. The lowest BCUT2D eigenvalue weighted by molar-refractivity contribution is -0.147. The Morgan fingerprint density at radius 3 is 2.48 bits per heavy atom. The van der Waals surface area contributed by atoms with Crippen LogP contribution in [0, 0.1) is 6.92 Å². The molecule has 3 rings (SSSR count). The highest BCUT2D eigenvalue weighted by molar-refractivity contribution is 7.93. The van der Waals surface area contributed by atoms with Crippen molar-refractivity contribution in [2.75, 3.05) is 10.0 Å². The molecule has 11 heteroatoms. The molecule has 2 aromatic rings. The molecule has 2 aromatic carbocycles. The molecule has 0 heterocycles. The third-order valence-electron chi connectivity index (χ3n) is 4.08. The van der Waals surface area contributed by atoms with E-state index in [2.05, 4.69) is 10.0 Å². The fraction of sp³-hybridized carbons (Fsp3) is 0.222. The van der Waals surface area contributed by atoms with E-state index in [4.69, 9.17) is 21.4 Å². The highest BCUT2D eigenvalue weighted by atomic mass is 35.5. The number of aromatic hydroxyl groups is 1. The van der Waals surface area contributed by atoms with Crippen LogP contribution in [-0.2, 0) is 19.6 Å². The smallest absolute Gasteiger partial charge is 0.394 e. The monoisotopic (exact) mass is 440 g/mol. The summed E-state index contributed by atoms with van der Waals surface area (Å²) in [4.78, 5) is 21.9. The van der Waals surface area contributed by atoms with Gasteiger partial charge in [0, 0.05) is 11.8 Å². The number of nitrogens with one attached hydrogen (secondary N) is 2. The minimum atomic E-state index is -3.57.